The van der Waals surface area contributed by atoms with Crippen molar-refractivity contribution < 1.29 is 14.3 Å². The lowest BCUT2D eigenvalue weighted by Gasteiger charge is -2.10. The predicted octanol–water partition coefficient (Wildman–Crippen LogP) is 7.21. The maximum Gasteiger partial charge on any atom is 0.311 e. The molecule has 0 saturated carbocycles. The molecule has 4 nitrogen and oxygen atoms in total. The van der Waals surface area contributed by atoms with Gasteiger partial charge >= 0.3 is 5.97 Å². The van der Waals surface area contributed by atoms with E-state index in [-0.39, 0.29) is 5.97 Å². The van der Waals surface area contributed by atoms with E-state index in [4.69, 9.17) is 15.2 Å². The molecule has 0 fully saturated rings. The minimum absolute atomic E-state index is 0.250. The van der Waals surface area contributed by atoms with E-state index in [9.17, 15) is 4.79 Å². The Labute approximate surface area is 194 Å². The summed E-state index contributed by atoms with van der Waals surface area (Å²) in [6.07, 6.45) is 27.6. The third-order valence-electron chi connectivity index (χ3n) is 4.90. The number of carbonyl (C=O) groups excluding carboxylic acids is 1. The van der Waals surface area contributed by atoms with Gasteiger partial charge in [-0.1, -0.05) is 74.4 Å². The second-order valence-corrected chi connectivity index (χ2v) is 7.64. The molecular formula is C28H41NO3. The number of unbranched alkanes of at least 4 members (excludes halogenated alkanes) is 4. The van der Waals surface area contributed by atoms with Gasteiger partial charge in [0.25, 0.3) is 0 Å². The first-order chi connectivity index (χ1) is 15.7. The number of carbonyl (C=O) groups is 1. The highest BCUT2D eigenvalue weighted by Crippen LogP contribution is 2.28. The Balaban J connectivity index is 2.10. The fourth-order valence-corrected chi connectivity index (χ4v) is 3.02. The van der Waals surface area contributed by atoms with Crippen molar-refractivity contribution >= 4 is 5.97 Å². The van der Waals surface area contributed by atoms with E-state index >= 15 is 0 Å². The molecule has 0 aromatic heterocycles. The Morgan fingerprint density at radius 3 is 2.00 bits per heavy atom. The van der Waals surface area contributed by atoms with Crippen LogP contribution in [-0.4, -0.2) is 13.1 Å². The zero-order chi connectivity index (χ0) is 23.3. The molecular weight excluding hydrogens is 398 g/mol. The van der Waals surface area contributed by atoms with Crippen molar-refractivity contribution in [1.82, 2.24) is 0 Å². The quantitative estimate of drug-likeness (QED) is 0.121. The Kier molecular flexibility index (Phi) is 16.4. The van der Waals surface area contributed by atoms with Crippen molar-refractivity contribution in [3.05, 3.63) is 72.4 Å². The Morgan fingerprint density at radius 1 is 0.844 bits per heavy atom. The first-order valence-electron chi connectivity index (χ1n) is 11.9. The van der Waals surface area contributed by atoms with Crippen LogP contribution in [-0.2, 0) is 11.3 Å². The minimum atomic E-state index is -0.250. The molecule has 0 aliphatic heterocycles. The van der Waals surface area contributed by atoms with E-state index in [2.05, 4.69) is 55.5 Å². The topological polar surface area (TPSA) is 61.5 Å². The van der Waals surface area contributed by atoms with Crippen LogP contribution in [0.25, 0.3) is 0 Å². The fourth-order valence-electron chi connectivity index (χ4n) is 3.02. The zero-order valence-corrected chi connectivity index (χ0v) is 19.9. The molecule has 0 spiro atoms. The summed E-state index contributed by atoms with van der Waals surface area (Å²) in [5.41, 5.74) is 6.56. The lowest BCUT2D eigenvalue weighted by Crippen LogP contribution is -2.08. The van der Waals surface area contributed by atoms with Gasteiger partial charge in [0.15, 0.2) is 11.5 Å². The number of esters is 1. The molecule has 2 N–H and O–H groups in total. The number of ether oxygens (including phenoxy) is 2. The molecule has 0 aliphatic carbocycles. The average Bonchev–Trinajstić information content (AvgIpc) is 2.81. The molecule has 1 aromatic rings. The van der Waals surface area contributed by atoms with Gasteiger partial charge in [-0.15, -0.1) is 0 Å². The van der Waals surface area contributed by atoms with Gasteiger partial charge in [-0.3, -0.25) is 4.79 Å². The zero-order valence-electron chi connectivity index (χ0n) is 19.9. The number of benzene rings is 1. The molecule has 0 heterocycles. The number of rotatable bonds is 17. The van der Waals surface area contributed by atoms with Gasteiger partial charge in [0.05, 0.1) is 7.11 Å². The van der Waals surface area contributed by atoms with Crippen molar-refractivity contribution in [2.24, 2.45) is 5.73 Å². The van der Waals surface area contributed by atoms with Crippen LogP contribution in [0.5, 0.6) is 11.5 Å². The highest BCUT2D eigenvalue weighted by atomic mass is 16.6. The van der Waals surface area contributed by atoms with Gasteiger partial charge in [-0.25, -0.2) is 0 Å². The number of nitrogens with two attached hydrogens (primary N) is 1. The van der Waals surface area contributed by atoms with Crippen molar-refractivity contribution in [1.29, 1.82) is 0 Å². The van der Waals surface area contributed by atoms with Crippen LogP contribution in [0.1, 0.15) is 76.7 Å². The average molecular weight is 440 g/mol. The van der Waals surface area contributed by atoms with Crippen LogP contribution in [0.2, 0.25) is 0 Å². The molecule has 176 valence electrons. The monoisotopic (exact) mass is 439 g/mol. The Hall–Kier alpha value is -2.59. The van der Waals surface area contributed by atoms with Gasteiger partial charge < -0.3 is 15.2 Å². The standard InChI is InChI=1S/C28H41NO3/c1-3-4-5-6-7-8-9-10-11-12-13-14-15-16-17-18-19-20-28(30)32-26-22-21-25(24-29)23-27(26)31-2/h7-8,10-11,13-14,16-17,21-23H,3-6,9,12,15,18-20,24,29H2,1-2H3/b8-7-,11-10-,14-13-,17-16-. The van der Waals surface area contributed by atoms with Gasteiger partial charge in [-0.05, 0) is 62.6 Å². The number of hydrogen-bond acceptors (Lipinski definition) is 4. The first kappa shape index (κ1) is 27.4. The van der Waals surface area contributed by atoms with Gasteiger partial charge in [-0.2, -0.15) is 0 Å². The molecule has 32 heavy (non-hydrogen) atoms. The lowest BCUT2D eigenvalue weighted by atomic mass is 10.2. The smallest absolute Gasteiger partial charge is 0.311 e. The molecule has 1 aromatic carbocycles. The third-order valence-corrected chi connectivity index (χ3v) is 4.90. The van der Waals surface area contributed by atoms with Crippen molar-refractivity contribution in [2.45, 2.75) is 77.7 Å². The molecule has 0 atom stereocenters. The summed E-state index contributed by atoms with van der Waals surface area (Å²) in [5.74, 6) is 0.716. The number of hydrogen-bond donors (Lipinski definition) is 1. The van der Waals surface area contributed by atoms with Gasteiger partial charge in [0, 0.05) is 13.0 Å². The van der Waals surface area contributed by atoms with E-state index in [1.807, 2.05) is 6.07 Å². The maximum absolute atomic E-state index is 12.0. The summed E-state index contributed by atoms with van der Waals surface area (Å²) >= 11 is 0. The predicted molar refractivity (Wildman–Crippen MR) is 135 cm³/mol. The summed E-state index contributed by atoms with van der Waals surface area (Å²) in [6, 6.07) is 5.36. The molecule has 0 amide bonds. The van der Waals surface area contributed by atoms with Crippen LogP contribution in [0.4, 0.5) is 0 Å². The maximum atomic E-state index is 12.0. The third kappa shape index (κ3) is 13.7. The fraction of sp³-hybridized carbons (Fsp3) is 0.464. The van der Waals surface area contributed by atoms with Crippen LogP contribution in [0, 0.1) is 0 Å². The van der Waals surface area contributed by atoms with Crippen LogP contribution >= 0.6 is 0 Å². The molecule has 0 aliphatic rings. The SMILES string of the molecule is CCCCC/C=C\C/C=C\C/C=C\C/C=C\CCCC(=O)Oc1ccc(CN)cc1OC. The van der Waals surface area contributed by atoms with Crippen LogP contribution < -0.4 is 15.2 Å². The molecule has 1 rings (SSSR count). The van der Waals surface area contributed by atoms with E-state index in [1.54, 1.807) is 19.2 Å². The summed E-state index contributed by atoms with van der Waals surface area (Å²) in [7, 11) is 1.55. The summed E-state index contributed by atoms with van der Waals surface area (Å²) in [4.78, 5) is 12.0. The van der Waals surface area contributed by atoms with E-state index in [0.717, 1.165) is 37.7 Å². The molecule has 0 saturated heterocycles. The van der Waals surface area contributed by atoms with E-state index in [1.165, 1.54) is 25.7 Å². The van der Waals surface area contributed by atoms with Crippen LogP contribution in [0.15, 0.2) is 66.8 Å². The second kappa shape index (κ2) is 19.1. The molecule has 4 heteroatoms. The van der Waals surface area contributed by atoms with Crippen molar-refractivity contribution in [3.63, 3.8) is 0 Å². The Bertz CT molecular complexity index is 747. The lowest BCUT2D eigenvalue weighted by molar-refractivity contribution is -0.134. The first-order valence-corrected chi connectivity index (χ1v) is 11.9. The van der Waals surface area contributed by atoms with Crippen molar-refractivity contribution in [2.75, 3.05) is 7.11 Å². The summed E-state index contributed by atoms with van der Waals surface area (Å²) in [5, 5.41) is 0. The summed E-state index contributed by atoms with van der Waals surface area (Å²) < 4.78 is 10.7. The number of allylic oxidation sites excluding steroid dienone is 8. The van der Waals surface area contributed by atoms with Crippen LogP contribution in [0.3, 0.4) is 0 Å². The second-order valence-electron chi connectivity index (χ2n) is 7.64. The highest BCUT2D eigenvalue weighted by Gasteiger charge is 2.10. The summed E-state index contributed by atoms with van der Waals surface area (Å²) in [6.45, 7) is 2.65. The van der Waals surface area contributed by atoms with Gasteiger partial charge in [0.1, 0.15) is 0 Å². The molecule has 0 radical (unpaired) electrons. The largest absolute Gasteiger partial charge is 0.493 e. The van der Waals surface area contributed by atoms with E-state index in [0.29, 0.717) is 24.5 Å². The number of methoxy groups -OCH3 is 1. The normalized spacial score (nSPS) is 12.0. The molecule has 0 bridgehead atoms. The molecule has 0 unspecified atom stereocenters. The van der Waals surface area contributed by atoms with Gasteiger partial charge in [0.2, 0.25) is 0 Å². The Morgan fingerprint density at radius 2 is 1.44 bits per heavy atom. The van der Waals surface area contributed by atoms with E-state index < -0.39 is 0 Å². The minimum Gasteiger partial charge on any atom is -0.493 e. The highest BCUT2D eigenvalue weighted by molar-refractivity contribution is 5.73. The van der Waals surface area contributed by atoms with Crippen molar-refractivity contribution in [3.8, 4) is 11.5 Å².